The maximum Gasteiger partial charge on any atom is 0.350 e. The van der Waals surface area contributed by atoms with E-state index in [4.69, 9.17) is 20.3 Å². The highest BCUT2D eigenvalue weighted by Gasteiger charge is 2.37. The van der Waals surface area contributed by atoms with Gasteiger partial charge in [0, 0.05) is 12.7 Å². The number of hydrogen-bond acceptors (Lipinski definition) is 5. The maximum atomic E-state index is 11.5. The van der Waals surface area contributed by atoms with Crippen molar-refractivity contribution in [3.8, 4) is 0 Å². The van der Waals surface area contributed by atoms with Crippen LogP contribution in [0.15, 0.2) is 17.1 Å². The lowest BCUT2D eigenvalue weighted by atomic mass is 10.3. The van der Waals surface area contributed by atoms with Gasteiger partial charge < -0.3 is 20.3 Å². The average Bonchev–Trinajstić information content (AvgIpc) is 2.99. The second-order valence-electron chi connectivity index (χ2n) is 4.71. The number of ether oxygens (including phenoxy) is 1. The lowest BCUT2D eigenvalue weighted by molar-refractivity contribution is 0.142. The lowest BCUT2D eigenvalue weighted by Gasteiger charge is -2.06. The van der Waals surface area contributed by atoms with Gasteiger partial charge in [-0.25, -0.2) is 4.79 Å². The molecule has 8 nitrogen and oxygen atoms in total. The van der Waals surface area contributed by atoms with Gasteiger partial charge in [0.05, 0.1) is 6.61 Å². The van der Waals surface area contributed by atoms with E-state index in [1.54, 1.807) is 12.3 Å². The first kappa shape index (κ1) is 14.2. The summed E-state index contributed by atoms with van der Waals surface area (Å²) in [5.41, 5.74) is 5.00. The molecule has 0 radical (unpaired) electrons. The molecule has 0 unspecified atom stereocenters. The van der Waals surface area contributed by atoms with Gasteiger partial charge in [0.2, 0.25) is 0 Å². The SMILES string of the molecule is Nc1ccn(C[C@H]2C[C@H]2COCP(=O)(O)O)c(=O)n1. The molecule has 1 fully saturated rings. The monoisotopic (exact) mass is 289 g/mol. The van der Waals surface area contributed by atoms with E-state index in [1.807, 2.05) is 0 Å². The molecule has 0 bridgehead atoms. The quantitative estimate of drug-likeness (QED) is 0.608. The molecule has 1 saturated carbocycles. The number of nitrogens with zero attached hydrogens (tertiary/aromatic N) is 2. The summed E-state index contributed by atoms with van der Waals surface area (Å²) in [4.78, 5) is 32.4. The van der Waals surface area contributed by atoms with E-state index in [2.05, 4.69) is 4.98 Å². The molecule has 1 aliphatic rings. The summed E-state index contributed by atoms with van der Waals surface area (Å²) in [6.07, 6.45) is 1.91. The Morgan fingerprint density at radius 3 is 2.89 bits per heavy atom. The molecular weight excluding hydrogens is 273 g/mol. The van der Waals surface area contributed by atoms with Crippen LogP contribution in [0.1, 0.15) is 6.42 Å². The number of hydrogen-bond donors (Lipinski definition) is 3. The summed E-state index contributed by atoms with van der Waals surface area (Å²) in [6, 6.07) is 1.56. The van der Waals surface area contributed by atoms with Crippen LogP contribution in [-0.2, 0) is 15.8 Å². The van der Waals surface area contributed by atoms with Crippen LogP contribution >= 0.6 is 7.60 Å². The third-order valence-corrected chi connectivity index (χ3v) is 3.51. The van der Waals surface area contributed by atoms with Crippen molar-refractivity contribution in [3.63, 3.8) is 0 Å². The van der Waals surface area contributed by atoms with Crippen LogP contribution in [0.25, 0.3) is 0 Å². The van der Waals surface area contributed by atoms with Crippen molar-refractivity contribution < 1.29 is 19.1 Å². The third kappa shape index (κ3) is 4.43. The van der Waals surface area contributed by atoms with Crippen molar-refractivity contribution in [2.75, 3.05) is 18.7 Å². The summed E-state index contributed by atoms with van der Waals surface area (Å²) < 4.78 is 17.0. The number of aromatic nitrogens is 2. The number of anilines is 1. The van der Waals surface area contributed by atoms with Gasteiger partial charge in [-0.3, -0.25) is 9.13 Å². The number of rotatable bonds is 6. The summed E-state index contributed by atoms with van der Waals surface area (Å²) >= 11 is 0. The molecule has 2 atom stereocenters. The summed E-state index contributed by atoms with van der Waals surface area (Å²) in [7, 11) is -4.10. The fraction of sp³-hybridized carbons (Fsp3) is 0.600. The van der Waals surface area contributed by atoms with Crippen molar-refractivity contribution in [2.45, 2.75) is 13.0 Å². The predicted molar refractivity (Wildman–Crippen MR) is 67.4 cm³/mol. The third-order valence-electron chi connectivity index (χ3n) is 2.99. The van der Waals surface area contributed by atoms with Gasteiger partial charge in [0.25, 0.3) is 0 Å². The molecule has 4 N–H and O–H groups in total. The molecule has 0 spiro atoms. The van der Waals surface area contributed by atoms with Gasteiger partial charge in [-0.1, -0.05) is 0 Å². The standard InChI is InChI=1S/C10H16N3O5P/c11-9-1-2-13(10(14)12-9)4-7-3-8(7)5-18-6-19(15,16)17/h1-2,7-8H,3-6H2,(H2,11,12,14)(H2,15,16,17)/t7-,8+/m1/s1. The molecule has 0 saturated heterocycles. The minimum Gasteiger partial charge on any atom is -0.383 e. The molecule has 1 heterocycles. The van der Waals surface area contributed by atoms with Crippen molar-refractivity contribution >= 4 is 13.4 Å². The van der Waals surface area contributed by atoms with E-state index < -0.39 is 13.9 Å². The van der Waals surface area contributed by atoms with E-state index in [1.165, 1.54) is 4.57 Å². The summed E-state index contributed by atoms with van der Waals surface area (Å²) in [6.45, 7) is 0.822. The molecule has 9 heteroatoms. The minimum atomic E-state index is -4.10. The highest BCUT2D eigenvalue weighted by molar-refractivity contribution is 7.51. The maximum absolute atomic E-state index is 11.5. The molecule has 106 valence electrons. The Morgan fingerprint density at radius 2 is 2.26 bits per heavy atom. The van der Waals surface area contributed by atoms with Crippen LogP contribution in [0.2, 0.25) is 0 Å². The second-order valence-corrected chi connectivity index (χ2v) is 6.30. The highest BCUT2D eigenvalue weighted by Crippen LogP contribution is 2.41. The Morgan fingerprint density at radius 1 is 1.53 bits per heavy atom. The minimum absolute atomic E-state index is 0.193. The average molecular weight is 289 g/mol. The van der Waals surface area contributed by atoms with E-state index in [9.17, 15) is 9.36 Å². The summed E-state index contributed by atoms with van der Waals surface area (Å²) in [5.74, 6) is 0.703. The van der Waals surface area contributed by atoms with Gasteiger partial charge >= 0.3 is 13.3 Å². The first-order chi connectivity index (χ1) is 8.85. The smallest absolute Gasteiger partial charge is 0.350 e. The Balaban J connectivity index is 1.78. The van der Waals surface area contributed by atoms with Crippen LogP contribution in [0.3, 0.4) is 0 Å². The Kier molecular flexibility index (Phi) is 4.05. The Bertz CT molecular complexity index is 554. The van der Waals surface area contributed by atoms with Gasteiger partial charge in [-0.05, 0) is 24.3 Å². The molecule has 19 heavy (non-hydrogen) atoms. The van der Waals surface area contributed by atoms with Gasteiger partial charge in [-0.2, -0.15) is 4.98 Å². The molecule has 0 amide bonds. The number of nitrogens with two attached hydrogens (primary N) is 1. The van der Waals surface area contributed by atoms with E-state index in [-0.39, 0.29) is 23.3 Å². The molecule has 0 aromatic carbocycles. The van der Waals surface area contributed by atoms with E-state index >= 15 is 0 Å². The molecular formula is C10H16N3O5P. The van der Waals surface area contributed by atoms with Crippen LogP contribution in [0.5, 0.6) is 0 Å². The van der Waals surface area contributed by atoms with Crippen molar-refractivity contribution in [1.29, 1.82) is 0 Å². The Labute approximate surface area is 109 Å². The fourth-order valence-corrected chi connectivity index (χ4v) is 2.24. The normalized spacial score (nSPS) is 22.4. The van der Waals surface area contributed by atoms with Crippen LogP contribution in [0.4, 0.5) is 5.82 Å². The highest BCUT2D eigenvalue weighted by atomic mass is 31.2. The van der Waals surface area contributed by atoms with Gasteiger partial charge in [0.1, 0.15) is 12.2 Å². The largest absolute Gasteiger partial charge is 0.383 e. The molecule has 2 rings (SSSR count). The van der Waals surface area contributed by atoms with Crippen LogP contribution in [-0.4, -0.2) is 32.3 Å². The van der Waals surface area contributed by atoms with Crippen molar-refractivity contribution in [1.82, 2.24) is 9.55 Å². The predicted octanol–water partition coefficient (Wildman–Crippen LogP) is -0.387. The zero-order chi connectivity index (χ0) is 14.0. The van der Waals surface area contributed by atoms with E-state index in [0.717, 1.165) is 6.42 Å². The zero-order valence-corrected chi connectivity index (χ0v) is 11.1. The van der Waals surface area contributed by atoms with Crippen molar-refractivity contribution in [3.05, 3.63) is 22.7 Å². The Hall–Kier alpha value is -1.21. The van der Waals surface area contributed by atoms with Crippen molar-refractivity contribution in [2.24, 2.45) is 11.8 Å². The van der Waals surface area contributed by atoms with Gasteiger partial charge in [0.15, 0.2) is 0 Å². The van der Waals surface area contributed by atoms with E-state index in [0.29, 0.717) is 13.2 Å². The summed E-state index contributed by atoms with van der Waals surface area (Å²) in [5, 5.41) is 0. The molecule has 1 aromatic heterocycles. The fourth-order valence-electron chi connectivity index (χ4n) is 1.89. The lowest BCUT2D eigenvalue weighted by Crippen LogP contribution is -2.24. The first-order valence-corrected chi connectivity index (χ1v) is 7.60. The van der Waals surface area contributed by atoms with Gasteiger partial charge in [-0.15, -0.1) is 0 Å². The van der Waals surface area contributed by atoms with Crippen LogP contribution in [0, 0.1) is 11.8 Å². The topological polar surface area (TPSA) is 128 Å². The first-order valence-electron chi connectivity index (χ1n) is 5.80. The zero-order valence-electron chi connectivity index (χ0n) is 10.2. The molecule has 0 aliphatic heterocycles. The number of nitrogen functional groups attached to an aromatic ring is 1. The second kappa shape index (κ2) is 5.42. The molecule has 1 aliphatic carbocycles. The van der Waals surface area contributed by atoms with Crippen LogP contribution < -0.4 is 11.4 Å². The molecule has 1 aromatic rings.